The van der Waals surface area contributed by atoms with E-state index < -0.39 is 0 Å². The minimum Gasteiger partial charge on any atom is -0.384 e. The third-order valence-electron chi connectivity index (χ3n) is 1.74. The van der Waals surface area contributed by atoms with E-state index in [1.165, 1.54) is 0 Å². The molecule has 0 aromatic carbocycles. The Bertz CT molecular complexity index is 464. The number of hydrogen-bond acceptors (Lipinski definition) is 4. The highest BCUT2D eigenvalue weighted by molar-refractivity contribution is 6.28. The first-order valence-corrected chi connectivity index (χ1v) is 5.69. The number of alkyl halides is 1. The topological polar surface area (TPSA) is 80.9 Å². The maximum absolute atomic E-state index is 10.7. The van der Waals surface area contributed by atoms with E-state index in [9.17, 15) is 4.79 Å². The lowest BCUT2D eigenvalue weighted by Crippen LogP contribution is -2.13. The fourth-order valence-corrected chi connectivity index (χ4v) is 1.06. The van der Waals surface area contributed by atoms with Crippen molar-refractivity contribution in [3.8, 4) is 0 Å². The zero-order valence-electron chi connectivity index (χ0n) is 9.58. The van der Waals surface area contributed by atoms with Gasteiger partial charge >= 0.3 is 0 Å². The summed E-state index contributed by atoms with van der Waals surface area (Å²) in [5.74, 6) is 0.808. The molecule has 0 atom stereocenters. The second-order valence-electron chi connectivity index (χ2n) is 3.15. The highest BCUT2D eigenvalue weighted by Crippen LogP contribution is 1.99. The van der Waals surface area contributed by atoms with E-state index >= 15 is 0 Å². The van der Waals surface area contributed by atoms with E-state index in [1.54, 1.807) is 36.7 Å². The average Bonchev–Trinajstić information content (AvgIpc) is 2.41. The van der Waals surface area contributed by atoms with Gasteiger partial charge in [0.15, 0.2) is 0 Å². The summed E-state index contributed by atoms with van der Waals surface area (Å²) in [5.41, 5.74) is 5.25. The van der Waals surface area contributed by atoms with Crippen LogP contribution in [-0.2, 0) is 4.79 Å². The van der Waals surface area contributed by atoms with Crippen LogP contribution < -0.4 is 11.1 Å². The number of aromatic nitrogens is 2. The molecule has 0 saturated heterocycles. The Morgan fingerprint density at radius 2 is 1.83 bits per heavy atom. The molecule has 5 nitrogen and oxygen atoms in total. The number of nitrogen functional groups attached to an aromatic ring is 1. The van der Waals surface area contributed by atoms with Crippen molar-refractivity contribution in [2.45, 2.75) is 0 Å². The van der Waals surface area contributed by atoms with Crippen molar-refractivity contribution in [1.29, 1.82) is 0 Å². The highest BCUT2D eigenvalue weighted by atomic mass is 35.5. The van der Waals surface area contributed by atoms with Gasteiger partial charge in [0.2, 0.25) is 5.91 Å². The number of halogens is 1. The summed E-state index contributed by atoms with van der Waals surface area (Å²) in [5, 5.41) is 2.51. The van der Waals surface area contributed by atoms with Crippen LogP contribution in [0.2, 0.25) is 0 Å². The van der Waals surface area contributed by atoms with Crippen molar-refractivity contribution in [2.24, 2.45) is 0 Å². The van der Waals surface area contributed by atoms with Gasteiger partial charge in [-0.25, -0.2) is 9.97 Å². The summed E-state index contributed by atoms with van der Waals surface area (Å²) < 4.78 is 0. The number of anilines is 2. The van der Waals surface area contributed by atoms with E-state index in [0.717, 1.165) is 0 Å². The van der Waals surface area contributed by atoms with Crippen molar-refractivity contribution >= 4 is 29.1 Å². The third kappa shape index (κ3) is 5.81. The van der Waals surface area contributed by atoms with Gasteiger partial charge in [0.1, 0.15) is 17.5 Å². The molecule has 0 bridgehead atoms. The molecule has 0 aliphatic carbocycles. The number of pyridine rings is 2. The molecule has 2 heterocycles. The quantitative estimate of drug-likeness (QED) is 0.812. The van der Waals surface area contributed by atoms with Gasteiger partial charge in [0.05, 0.1) is 0 Å². The summed E-state index contributed by atoms with van der Waals surface area (Å²) in [7, 11) is 0. The van der Waals surface area contributed by atoms with Gasteiger partial charge in [-0.15, -0.1) is 11.6 Å². The van der Waals surface area contributed by atoms with Crippen LogP contribution in [0.25, 0.3) is 0 Å². The van der Waals surface area contributed by atoms with Crippen LogP contribution in [0.15, 0.2) is 48.8 Å². The van der Waals surface area contributed by atoms with Gasteiger partial charge in [-0.1, -0.05) is 12.1 Å². The molecule has 18 heavy (non-hydrogen) atoms. The summed E-state index contributed by atoms with van der Waals surface area (Å²) in [6, 6.07) is 10.7. The Kier molecular flexibility index (Phi) is 6.21. The van der Waals surface area contributed by atoms with Crippen molar-refractivity contribution in [2.75, 3.05) is 16.9 Å². The van der Waals surface area contributed by atoms with Gasteiger partial charge in [0.25, 0.3) is 0 Å². The number of nitrogens with zero attached hydrogens (tertiary/aromatic N) is 2. The van der Waals surface area contributed by atoms with Crippen molar-refractivity contribution in [3.05, 3.63) is 48.8 Å². The number of hydrogen-bond donors (Lipinski definition) is 2. The fourth-order valence-electron chi connectivity index (χ4n) is 0.989. The Labute approximate surface area is 110 Å². The lowest BCUT2D eigenvalue weighted by Gasteiger charge is -1.98. The van der Waals surface area contributed by atoms with Crippen molar-refractivity contribution < 1.29 is 4.79 Å². The van der Waals surface area contributed by atoms with Crippen LogP contribution in [0, 0.1) is 0 Å². The molecule has 0 fully saturated rings. The molecule has 0 aliphatic rings. The van der Waals surface area contributed by atoms with Crippen LogP contribution in [0.5, 0.6) is 0 Å². The molecule has 6 heteroatoms. The standard InChI is InChI=1S/C7H7ClN2O.C5H6N2/c8-5-7(11)10-6-3-1-2-4-9-6;6-5-3-1-2-4-7-5/h1-4H,5H2,(H,9,10,11);1-4H,(H2,6,7). The van der Waals surface area contributed by atoms with Crippen LogP contribution in [-0.4, -0.2) is 21.8 Å². The second-order valence-corrected chi connectivity index (χ2v) is 3.42. The number of carbonyl (C=O) groups is 1. The predicted octanol–water partition coefficient (Wildman–Crippen LogP) is 1.92. The van der Waals surface area contributed by atoms with Crippen molar-refractivity contribution in [3.63, 3.8) is 0 Å². The van der Waals surface area contributed by atoms with Crippen LogP contribution in [0.4, 0.5) is 11.6 Å². The average molecular weight is 265 g/mol. The fraction of sp³-hybridized carbons (Fsp3) is 0.0833. The molecular formula is C12H13ClN4O. The molecule has 1 amide bonds. The number of carbonyl (C=O) groups excluding carboxylic acids is 1. The molecule has 3 N–H and O–H groups in total. The zero-order valence-corrected chi connectivity index (χ0v) is 10.3. The second kappa shape index (κ2) is 8.03. The maximum Gasteiger partial charge on any atom is 0.240 e. The third-order valence-corrected chi connectivity index (χ3v) is 1.98. The smallest absolute Gasteiger partial charge is 0.240 e. The molecule has 0 unspecified atom stereocenters. The van der Waals surface area contributed by atoms with Gasteiger partial charge in [-0.2, -0.15) is 0 Å². The first-order chi connectivity index (χ1) is 8.72. The Hall–Kier alpha value is -2.14. The van der Waals surface area contributed by atoms with Crippen LogP contribution >= 0.6 is 11.6 Å². The Balaban J connectivity index is 0.000000199. The highest BCUT2D eigenvalue weighted by Gasteiger charge is 1.97. The minimum atomic E-state index is -0.245. The molecule has 0 aliphatic heterocycles. The monoisotopic (exact) mass is 264 g/mol. The number of amides is 1. The molecule has 0 radical (unpaired) electrons. The number of rotatable bonds is 2. The summed E-state index contributed by atoms with van der Waals surface area (Å²) in [6.45, 7) is 0. The van der Waals surface area contributed by atoms with E-state index in [1.807, 2.05) is 12.1 Å². The molecule has 0 spiro atoms. The summed E-state index contributed by atoms with van der Waals surface area (Å²) >= 11 is 5.26. The number of nitrogens with two attached hydrogens (primary N) is 1. The lowest BCUT2D eigenvalue weighted by atomic mass is 10.4. The van der Waals surface area contributed by atoms with Gasteiger partial charge in [-0.05, 0) is 24.3 Å². The SMILES string of the molecule is Nc1ccccn1.O=C(CCl)Nc1ccccn1. The first-order valence-electron chi connectivity index (χ1n) is 5.15. The van der Waals surface area contributed by atoms with Crippen LogP contribution in [0.1, 0.15) is 0 Å². The van der Waals surface area contributed by atoms with E-state index in [-0.39, 0.29) is 11.8 Å². The number of nitrogens with one attached hydrogen (secondary N) is 1. The van der Waals surface area contributed by atoms with E-state index in [2.05, 4.69) is 15.3 Å². The normalized spacial score (nSPS) is 8.94. The maximum atomic E-state index is 10.7. The summed E-state index contributed by atoms with van der Waals surface area (Å²) in [6.07, 6.45) is 3.26. The van der Waals surface area contributed by atoms with E-state index in [0.29, 0.717) is 11.6 Å². The lowest BCUT2D eigenvalue weighted by molar-refractivity contribution is -0.113. The molecule has 2 aromatic heterocycles. The molecule has 94 valence electrons. The molecular weight excluding hydrogens is 252 g/mol. The summed E-state index contributed by atoms with van der Waals surface area (Å²) in [4.78, 5) is 18.3. The molecule has 0 saturated carbocycles. The first kappa shape index (κ1) is 13.9. The van der Waals surface area contributed by atoms with Gasteiger partial charge in [-0.3, -0.25) is 4.79 Å². The van der Waals surface area contributed by atoms with E-state index in [4.69, 9.17) is 17.3 Å². The zero-order chi connectivity index (χ0) is 13.2. The Morgan fingerprint density at radius 3 is 2.22 bits per heavy atom. The predicted molar refractivity (Wildman–Crippen MR) is 72.2 cm³/mol. The van der Waals surface area contributed by atoms with Crippen LogP contribution in [0.3, 0.4) is 0 Å². The molecule has 2 aromatic rings. The Morgan fingerprint density at radius 1 is 1.17 bits per heavy atom. The van der Waals surface area contributed by atoms with Gasteiger partial charge in [0, 0.05) is 12.4 Å². The molecule has 2 rings (SSSR count). The largest absolute Gasteiger partial charge is 0.384 e. The minimum absolute atomic E-state index is 0.0451. The van der Waals surface area contributed by atoms with Gasteiger partial charge < -0.3 is 11.1 Å². The van der Waals surface area contributed by atoms with Crippen molar-refractivity contribution in [1.82, 2.24) is 9.97 Å².